The number of Topliss-reactive ketones (excluding diaryl/α,β-unsaturated/α-hetero) is 2. The van der Waals surface area contributed by atoms with Crippen molar-refractivity contribution >= 4 is 35.0 Å². The lowest BCUT2D eigenvalue weighted by atomic mass is 9.57. The maximum absolute atomic E-state index is 14.1. The highest BCUT2D eigenvalue weighted by molar-refractivity contribution is 6.24. The fraction of sp³-hybridized carbons (Fsp3) is 0.355. The normalized spacial score (nSPS) is 24.2. The van der Waals surface area contributed by atoms with E-state index in [1.807, 2.05) is 0 Å². The highest BCUT2D eigenvalue weighted by Crippen LogP contribution is 2.54. The van der Waals surface area contributed by atoms with Gasteiger partial charge in [0.1, 0.15) is 34.4 Å². The SMILES string of the molecule is CN(C)c1cc(CNC(=O)Oc2ccc(F)cc2)c(O)c2c1C[C@H]1C[C@H]3[C@H](N(C)C)C(=O)C(C(N)=O)=C(O)[C@@]3(O)C(=O)C1=C2O. The number of fused-ring (bicyclic) bond motifs is 3. The number of hydrogen-bond acceptors (Lipinski definition) is 11. The van der Waals surface area contributed by atoms with E-state index in [0.29, 0.717) is 11.3 Å². The maximum atomic E-state index is 14.1. The average Bonchev–Trinajstić information content (AvgIpc) is 2.95. The molecule has 3 aliphatic rings. The predicted octanol–water partition coefficient (Wildman–Crippen LogP) is 1.46. The Labute approximate surface area is 257 Å². The Kier molecular flexibility index (Phi) is 7.83. The zero-order valence-electron chi connectivity index (χ0n) is 24.9. The van der Waals surface area contributed by atoms with Crippen LogP contribution in [-0.4, -0.2) is 88.7 Å². The van der Waals surface area contributed by atoms with E-state index in [4.69, 9.17) is 10.5 Å². The van der Waals surface area contributed by atoms with Crippen molar-refractivity contribution in [2.75, 3.05) is 33.1 Å². The number of rotatable bonds is 6. The number of anilines is 1. The lowest BCUT2D eigenvalue weighted by Crippen LogP contribution is -2.65. The molecule has 4 atom stereocenters. The van der Waals surface area contributed by atoms with Crippen molar-refractivity contribution < 1.29 is 48.7 Å². The van der Waals surface area contributed by atoms with Crippen molar-refractivity contribution in [3.05, 3.63) is 69.7 Å². The Morgan fingerprint density at radius 2 is 1.76 bits per heavy atom. The van der Waals surface area contributed by atoms with Gasteiger partial charge in [0, 0.05) is 43.4 Å². The number of likely N-dealkylation sites (N-methyl/N-ethyl adjacent to an activating group) is 1. The number of hydrogen-bond donors (Lipinski definition) is 6. The first-order valence-corrected chi connectivity index (χ1v) is 14.0. The fourth-order valence-corrected chi connectivity index (χ4v) is 6.69. The molecule has 0 unspecified atom stereocenters. The van der Waals surface area contributed by atoms with Crippen LogP contribution in [0.15, 0.2) is 47.2 Å². The molecule has 0 spiro atoms. The molecule has 0 bridgehead atoms. The minimum Gasteiger partial charge on any atom is -0.508 e. The summed E-state index contributed by atoms with van der Waals surface area (Å²) in [6.45, 7) is -0.274. The zero-order valence-corrected chi connectivity index (χ0v) is 24.9. The monoisotopic (exact) mass is 624 g/mol. The van der Waals surface area contributed by atoms with Crippen LogP contribution in [0.2, 0.25) is 0 Å². The van der Waals surface area contributed by atoms with Crippen molar-refractivity contribution in [2.24, 2.45) is 17.6 Å². The van der Waals surface area contributed by atoms with E-state index in [-0.39, 0.29) is 41.8 Å². The van der Waals surface area contributed by atoms with Gasteiger partial charge in [-0.2, -0.15) is 0 Å². The van der Waals surface area contributed by atoms with Gasteiger partial charge in [0.05, 0.1) is 11.6 Å². The Morgan fingerprint density at radius 3 is 2.33 bits per heavy atom. The number of nitrogens with one attached hydrogen (secondary N) is 1. The highest BCUT2D eigenvalue weighted by Gasteiger charge is 2.64. The summed E-state index contributed by atoms with van der Waals surface area (Å²) in [5.74, 6) is -7.91. The standard InChI is InChI=1S/C31H33FN4O9/c1-35(2)19-11-14(12-34-30(43)45-16-7-5-15(32)6-8-16)24(37)21-17(19)9-13-10-18-23(36(3)4)26(39)22(29(33)42)28(41)31(18,44)27(40)20(13)25(21)38/h5-8,11,13,18,23,37-38,41,44H,9-10,12H2,1-4H3,(H2,33,42)(H,34,43)/t13-,18-,23-,31-/m0/s1. The molecule has 2 aromatic carbocycles. The van der Waals surface area contributed by atoms with Gasteiger partial charge < -0.3 is 41.1 Å². The smallest absolute Gasteiger partial charge is 0.412 e. The molecule has 2 aromatic rings. The van der Waals surface area contributed by atoms with Crippen LogP contribution in [0.3, 0.4) is 0 Å². The first-order chi connectivity index (χ1) is 21.1. The van der Waals surface area contributed by atoms with E-state index in [9.17, 15) is 44.0 Å². The lowest BCUT2D eigenvalue weighted by Gasteiger charge is -2.50. The van der Waals surface area contributed by atoms with Crippen molar-refractivity contribution in [2.45, 2.75) is 31.0 Å². The maximum Gasteiger partial charge on any atom is 0.412 e. The summed E-state index contributed by atoms with van der Waals surface area (Å²) >= 11 is 0. The Morgan fingerprint density at radius 1 is 1.11 bits per heavy atom. The second-order valence-electron chi connectivity index (χ2n) is 11.8. The third-order valence-corrected chi connectivity index (χ3v) is 8.71. The van der Waals surface area contributed by atoms with Crippen LogP contribution in [-0.2, 0) is 27.3 Å². The summed E-state index contributed by atoms with van der Waals surface area (Å²) in [6, 6.07) is 5.17. The average molecular weight is 625 g/mol. The summed E-state index contributed by atoms with van der Waals surface area (Å²) in [5.41, 5.74) is 2.49. The third-order valence-electron chi connectivity index (χ3n) is 8.71. The van der Waals surface area contributed by atoms with Crippen LogP contribution in [0.25, 0.3) is 5.76 Å². The van der Waals surface area contributed by atoms with Gasteiger partial charge in [0.2, 0.25) is 5.78 Å². The Balaban J connectivity index is 1.57. The van der Waals surface area contributed by atoms with Crippen molar-refractivity contribution in [3.8, 4) is 11.5 Å². The predicted molar refractivity (Wildman–Crippen MR) is 158 cm³/mol. The second-order valence-corrected chi connectivity index (χ2v) is 11.8. The number of benzene rings is 2. The van der Waals surface area contributed by atoms with Crippen LogP contribution in [0.4, 0.5) is 14.9 Å². The Hall–Kier alpha value is -4.95. The first-order valence-electron chi connectivity index (χ1n) is 14.0. The van der Waals surface area contributed by atoms with E-state index < -0.39 is 75.7 Å². The van der Waals surface area contributed by atoms with E-state index in [0.717, 1.165) is 12.1 Å². The number of phenolic OH excluding ortho intramolecular Hbond substituents is 1. The lowest BCUT2D eigenvalue weighted by molar-refractivity contribution is -0.153. The minimum absolute atomic E-state index is 0.0437. The molecule has 1 fully saturated rings. The van der Waals surface area contributed by atoms with E-state index in [1.54, 1.807) is 25.1 Å². The van der Waals surface area contributed by atoms with E-state index in [2.05, 4.69) is 5.32 Å². The molecule has 238 valence electrons. The molecule has 5 rings (SSSR count). The number of carbonyl (C=O) groups is 4. The third kappa shape index (κ3) is 4.95. The number of aromatic hydroxyl groups is 1. The van der Waals surface area contributed by atoms with Crippen LogP contribution >= 0.6 is 0 Å². The second kappa shape index (κ2) is 11.2. The number of carbonyl (C=O) groups excluding carboxylic acids is 4. The number of ether oxygens (including phenoxy) is 1. The number of aliphatic hydroxyl groups is 3. The summed E-state index contributed by atoms with van der Waals surface area (Å²) in [6.07, 6.45) is -0.841. The summed E-state index contributed by atoms with van der Waals surface area (Å²) < 4.78 is 18.3. The number of primary amides is 1. The molecule has 1 saturated carbocycles. The summed E-state index contributed by atoms with van der Waals surface area (Å²) in [7, 11) is 6.51. The number of ketones is 2. The zero-order chi connectivity index (χ0) is 33.1. The molecule has 7 N–H and O–H groups in total. The van der Waals surface area contributed by atoms with Crippen LogP contribution in [0.5, 0.6) is 11.5 Å². The number of aliphatic hydroxyl groups excluding tert-OH is 2. The Bertz CT molecular complexity index is 1700. The largest absolute Gasteiger partial charge is 0.508 e. The molecule has 2 amide bonds. The molecule has 0 radical (unpaired) electrons. The number of halogens is 1. The summed E-state index contributed by atoms with van der Waals surface area (Å²) in [4.78, 5) is 55.1. The first kappa shape index (κ1) is 31.5. The quantitative estimate of drug-likeness (QED) is 0.254. The molecule has 13 nitrogen and oxygen atoms in total. The number of phenols is 1. The van der Waals surface area contributed by atoms with Gasteiger partial charge in [0.25, 0.3) is 5.91 Å². The van der Waals surface area contributed by atoms with Gasteiger partial charge in [-0.05, 0) is 68.8 Å². The number of amides is 2. The molecule has 45 heavy (non-hydrogen) atoms. The highest BCUT2D eigenvalue weighted by atomic mass is 19.1. The fourth-order valence-electron chi connectivity index (χ4n) is 6.69. The molecule has 0 aromatic heterocycles. The minimum atomic E-state index is -2.76. The molecular weight excluding hydrogens is 591 g/mol. The van der Waals surface area contributed by atoms with Crippen LogP contribution in [0, 0.1) is 17.7 Å². The van der Waals surface area contributed by atoms with Crippen molar-refractivity contribution in [3.63, 3.8) is 0 Å². The molecule has 0 saturated heterocycles. The summed E-state index contributed by atoms with van der Waals surface area (Å²) in [5, 5.41) is 48.2. The van der Waals surface area contributed by atoms with Crippen LogP contribution in [0.1, 0.15) is 23.1 Å². The molecule has 3 aliphatic carbocycles. The number of nitrogens with zero attached hydrogens (tertiary/aromatic N) is 2. The molecule has 0 heterocycles. The molecule has 14 heteroatoms. The van der Waals surface area contributed by atoms with Crippen molar-refractivity contribution in [1.29, 1.82) is 0 Å². The number of nitrogens with two attached hydrogens (primary N) is 1. The van der Waals surface area contributed by atoms with Gasteiger partial charge in [-0.25, -0.2) is 9.18 Å². The topological polar surface area (TPSA) is 203 Å². The van der Waals surface area contributed by atoms with E-state index >= 15 is 0 Å². The van der Waals surface area contributed by atoms with Gasteiger partial charge in [-0.1, -0.05) is 0 Å². The molecule has 0 aliphatic heterocycles. The van der Waals surface area contributed by atoms with Gasteiger partial charge in [-0.3, -0.25) is 19.3 Å². The van der Waals surface area contributed by atoms with Crippen molar-refractivity contribution in [1.82, 2.24) is 10.2 Å². The van der Waals surface area contributed by atoms with E-state index in [1.165, 1.54) is 31.1 Å². The van der Waals surface area contributed by atoms with Gasteiger partial charge in [-0.15, -0.1) is 0 Å². The van der Waals surface area contributed by atoms with Gasteiger partial charge in [0.15, 0.2) is 11.4 Å². The molecular formula is C31H33FN4O9. The van der Waals surface area contributed by atoms with Gasteiger partial charge >= 0.3 is 6.09 Å². The van der Waals surface area contributed by atoms with Crippen LogP contribution < -0.4 is 20.7 Å².